The smallest absolute Gasteiger partial charge is 0.409 e. The quantitative estimate of drug-likeness (QED) is 0.837. The number of para-hydroxylation sites is 2. The summed E-state index contributed by atoms with van der Waals surface area (Å²) in [4.78, 5) is 0. The van der Waals surface area contributed by atoms with Crippen molar-refractivity contribution in [1.29, 1.82) is 0 Å². The van der Waals surface area contributed by atoms with Crippen molar-refractivity contribution in [2.75, 3.05) is 19.0 Å². The summed E-state index contributed by atoms with van der Waals surface area (Å²) < 4.78 is 42.3. The van der Waals surface area contributed by atoms with Gasteiger partial charge in [0.1, 0.15) is 11.8 Å². The molecule has 0 aliphatic carbocycles. The van der Waals surface area contributed by atoms with Gasteiger partial charge in [-0.2, -0.15) is 13.2 Å². The minimum atomic E-state index is -4.38. The summed E-state index contributed by atoms with van der Waals surface area (Å²) in [5, 5.41) is 2.31. The molecular formula is C10H13F3N2O. The van der Waals surface area contributed by atoms with Crippen molar-refractivity contribution in [2.45, 2.75) is 12.2 Å². The summed E-state index contributed by atoms with van der Waals surface area (Å²) in [6, 6.07) is 4.60. The number of methoxy groups -OCH3 is 1. The second-order valence-electron chi connectivity index (χ2n) is 3.17. The first-order chi connectivity index (χ1) is 7.49. The molecule has 16 heavy (non-hydrogen) atoms. The van der Waals surface area contributed by atoms with Crippen molar-refractivity contribution in [2.24, 2.45) is 5.73 Å². The van der Waals surface area contributed by atoms with E-state index >= 15 is 0 Å². The third kappa shape index (κ3) is 3.03. The lowest BCUT2D eigenvalue weighted by atomic mass is 10.2. The summed E-state index contributed by atoms with van der Waals surface area (Å²) in [5.74, 6) is 0.352. The van der Waals surface area contributed by atoms with E-state index < -0.39 is 18.8 Å². The molecule has 0 amide bonds. The number of nitrogens with two attached hydrogens (primary N) is 1. The Hall–Kier alpha value is -1.43. The summed E-state index contributed by atoms with van der Waals surface area (Å²) in [5.41, 5.74) is 5.35. The van der Waals surface area contributed by atoms with Crippen molar-refractivity contribution in [3.8, 4) is 5.75 Å². The van der Waals surface area contributed by atoms with Crippen LogP contribution in [-0.2, 0) is 0 Å². The molecule has 1 atom stereocenters. The average molecular weight is 234 g/mol. The molecule has 0 heterocycles. The van der Waals surface area contributed by atoms with E-state index in [1.807, 2.05) is 0 Å². The van der Waals surface area contributed by atoms with Crippen molar-refractivity contribution < 1.29 is 17.9 Å². The van der Waals surface area contributed by atoms with Gasteiger partial charge in [0.15, 0.2) is 0 Å². The molecule has 0 radical (unpaired) electrons. The van der Waals surface area contributed by atoms with Crippen molar-refractivity contribution >= 4 is 5.69 Å². The highest BCUT2D eigenvalue weighted by Crippen LogP contribution is 2.28. The zero-order valence-corrected chi connectivity index (χ0v) is 8.71. The van der Waals surface area contributed by atoms with Crippen LogP contribution in [0.1, 0.15) is 0 Å². The summed E-state index contributed by atoms with van der Waals surface area (Å²) in [6.45, 7) is -0.526. The SMILES string of the molecule is COc1ccccc1NC(CN)C(F)(F)F. The number of rotatable bonds is 4. The molecule has 0 fully saturated rings. The molecular weight excluding hydrogens is 221 g/mol. The summed E-state index contributed by atoms with van der Waals surface area (Å²) in [6.07, 6.45) is -4.38. The summed E-state index contributed by atoms with van der Waals surface area (Å²) in [7, 11) is 1.39. The van der Waals surface area contributed by atoms with Crippen molar-refractivity contribution in [3.05, 3.63) is 24.3 Å². The Morgan fingerprint density at radius 1 is 1.38 bits per heavy atom. The predicted molar refractivity (Wildman–Crippen MR) is 55.5 cm³/mol. The number of benzene rings is 1. The Kier molecular flexibility index (Phi) is 4.00. The summed E-state index contributed by atoms with van der Waals surface area (Å²) >= 11 is 0. The molecule has 0 aliphatic heterocycles. The lowest BCUT2D eigenvalue weighted by molar-refractivity contribution is -0.140. The molecule has 0 aromatic heterocycles. The minimum Gasteiger partial charge on any atom is -0.495 e. The van der Waals surface area contributed by atoms with Crippen LogP contribution in [0, 0.1) is 0 Å². The van der Waals surface area contributed by atoms with E-state index in [2.05, 4.69) is 5.32 Å². The Morgan fingerprint density at radius 2 is 2.00 bits per heavy atom. The highest BCUT2D eigenvalue weighted by molar-refractivity contribution is 5.56. The topological polar surface area (TPSA) is 47.3 Å². The van der Waals surface area contributed by atoms with E-state index in [1.54, 1.807) is 18.2 Å². The van der Waals surface area contributed by atoms with Crippen LogP contribution in [0.2, 0.25) is 0 Å². The van der Waals surface area contributed by atoms with E-state index in [1.165, 1.54) is 13.2 Å². The first-order valence-electron chi connectivity index (χ1n) is 4.65. The molecule has 3 N–H and O–H groups in total. The molecule has 0 spiro atoms. The maximum atomic E-state index is 12.5. The second-order valence-corrected chi connectivity index (χ2v) is 3.17. The van der Waals surface area contributed by atoms with Gasteiger partial charge < -0.3 is 15.8 Å². The first kappa shape index (κ1) is 12.6. The molecule has 0 saturated carbocycles. The second kappa shape index (κ2) is 5.07. The van der Waals surface area contributed by atoms with Gasteiger partial charge in [0.2, 0.25) is 0 Å². The maximum absolute atomic E-state index is 12.5. The van der Waals surface area contributed by atoms with Gasteiger partial charge in [0, 0.05) is 6.54 Å². The number of hydrogen-bond acceptors (Lipinski definition) is 3. The van der Waals surface area contributed by atoms with Gasteiger partial charge in [0.25, 0.3) is 0 Å². The fraction of sp³-hybridized carbons (Fsp3) is 0.400. The van der Waals surface area contributed by atoms with Crippen LogP contribution in [0.25, 0.3) is 0 Å². The van der Waals surface area contributed by atoms with Crippen molar-refractivity contribution in [3.63, 3.8) is 0 Å². The molecule has 3 nitrogen and oxygen atoms in total. The van der Waals surface area contributed by atoms with Crippen LogP contribution >= 0.6 is 0 Å². The maximum Gasteiger partial charge on any atom is 0.409 e. The Morgan fingerprint density at radius 3 is 2.50 bits per heavy atom. The van der Waals surface area contributed by atoms with Gasteiger partial charge in [-0.25, -0.2) is 0 Å². The number of anilines is 1. The third-order valence-corrected chi connectivity index (χ3v) is 2.07. The van der Waals surface area contributed by atoms with Gasteiger partial charge >= 0.3 is 6.18 Å². The Labute approximate surface area is 91.4 Å². The number of nitrogens with one attached hydrogen (secondary N) is 1. The van der Waals surface area contributed by atoms with Crippen LogP contribution in [0.4, 0.5) is 18.9 Å². The molecule has 1 rings (SSSR count). The Bertz CT molecular complexity index is 341. The van der Waals surface area contributed by atoms with Gasteiger partial charge in [-0.3, -0.25) is 0 Å². The van der Waals surface area contributed by atoms with E-state index in [4.69, 9.17) is 10.5 Å². The first-order valence-corrected chi connectivity index (χ1v) is 4.65. The Balaban J connectivity index is 2.86. The lowest BCUT2D eigenvalue weighted by Gasteiger charge is -2.22. The molecule has 6 heteroatoms. The van der Waals surface area contributed by atoms with Crippen LogP contribution in [-0.4, -0.2) is 25.9 Å². The number of alkyl halides is 3. The standard InChI is InChI=1S/C10H13F3N2O/c1-16-8-5-3-2-4-7(8)15-9(6-14)10(11,12)13/h2-5,9,15H,6,14H2,1H3. The molecule has 90 valence electrons. The highest BCUT2D eigenvalue weighted by atomic mass is 19.4. The number of hydrogen-bond donors (Lipinski definition) is 2. The van der Waals surface area contributed by atoms with Gasteiger partial charge in [-0.05, 0) is 12.1 Å². The zero-order valence-electron chi connectivity index (χ0n) is 8.71. The number of ether oxygens (including phenoxy) is 1. The van der Waals surface area contributed by atoms with Crippen molar-refractivity contribution in [1.82, 2.24) is 0 Å². The average Bonchev–Trinajstić information content (AvgIpc) is 2.24. The van der Waals surface area contributed by atoms with Crippen LogP contribution in [0.3, 0.4) is 0 Å². The number of halogens is 3. The lowest BCUT2D eigenvalue weighted by Crippen LogP contribution is -2.42. The van der Waals surface area contributed by atoms with E-state index in [9.17, 15) is 13.2 Å². The fourth-order valence-corrected chi connectivity index (χ4v) is 1.23. The van der Waals surface area contributed by atoms with E-state index in [0.29, 0.717) is 5.75 Å². The van der Waals surface area contributed by atoms with E-state index in [-0.39, 0.29) is 5.69 Å². The fourth-order valence-electron chi connectivity index (χ4n) is 1.23. The molecule has 1 aromatic carbocycles. The van der Waals surface area contributed by atoms with Gasteiger partial charge in [0.05, 0.1) is 12.8 Å². The van der Waals surface area contributed by atoms with Gasteiger partial charge in [-0.15, -0.1) is 0 Å². The molecule has 0 saturated heterocycles. The normalized spacial score (nSPS) is 13.3. The monoisotopic (exact) mass is 234 g/mol. The van der Waals surface area contributed by atoms with Crippen LogP contribution in [0.15, 0.2) is 24.3 Å². The van der Waals surface area contributed by atoms with Crippen LogP contribution in [0.5, 0.6) is 5.75 Å². The largest absolute Gasteiger partial charge is 0.495 e. The molecule has 1 unspecified atom stereocenters. The van der Waals surface area contributed by atoms with E-state index in [0.717, 1.165) is 0 Å². The third-order valence-electron chi connectivity index (χ3n) is 2.07. The minimum absolute atomic E-state index is 0.276. The predicted octanol–water partition coefficient (Wildman–Crippen LogP) is 2.00. The van der Waals surface area contributed by atoms with Crippen LogP contribution < -0.4 is 15.8 Å². The molecule has 0 aliphatic rings. The highest BCUT2D eigenvalue weighted by Gasteiger charge is 2.38. The molecule has 1 aromatic rings. The van der Waals surface area contributed by atoms with Gasteiger partial charge in [-0.1, -0.05) is 12.1 Å². The zero-order chi connectivity index (χ0) is 12.2. The molecule has 0 bridgehead atoms.